The lowest BCUT2D eigenvalue weighted by Gasteiger charge is -2.38. The molecular weight excluding hydrogens is 236 g/mol. The number of pyridine rings is 1. The van der Waals surface area contributed by atoms with Crippen molar-refractivity contribution in [3.8, 4) is 0 Å². The molecule has 2 aliphatic rings. The normalized spacial score (nSPS) is 31.5. The summed E-state index contributed by atoms with van der Waals surface area (Å²) in [6, 6.07) is 5.43. The summed E-state index contributed by atoms with van der Waals surface area (Å²) in [5.74, 6) is 0.536. The molecule has 2 fully saturated rings. The number of aliphatic hydroxyl groups is 1. The van der Waals surface area contributed by atoms with Crippen molar-refractivity contribution in [2.75, 3.05) is 4.90 Å². The van der Waals surface area contributed by atoms with E-state index in [0.717, 1.165) is 19.3 Å². The summed E-state index contributed by atoms with van der Waals surface area (Å²) in [6.45, 7) is 4.43. The van der Waals surface area contributed by atoms with Gasteiger partial charge in [0.2, 0.25) is 0 Å². The Hall–Kier alpha value is -1.09. The molecule has 104 valence electrons. The van der Waals surface area contributed by atoms with Gasteiger partial charge in [0.1, 0.15) is 0 Å². The Kier molecular flexibility index (Phi) is 3.48. The lowest BCUT2D eigenvalue weighted by atomic mass is 9.99. The molecule has 2 bridgehead atoms. The van der Waals surface area contributed by atoms with E-state index in [-0.39, 0.29) is 6.10 Å². The number of fused-ring (bicyclic) bond motifs is 2. The second kappa shape index (κ2) is 5.12. The zero-order valence-corrected chi connectivity index (χ0v) is 11.9. The van der Waals surface area contributed by atoms with Crippen LogP contribution in [0.2, 0.25) is 0 Å². The van der Waals surface area contributed by atoms with Gasteiger partial charge in [-0.25, -0.2) is 0 Å². The van der Waals surface area contributed by atoms with Crippen LogP contribution in [0.3, 0.4) is 0 Å². The molecule has 1 aromatic rings. The number of anilines is 1. The van der Waals surface area contributed by atoms with Crippen LogP contribution in [0.4, 0.5) is 5.69 Å². The van der Waals surface area contributed by atoms with Gasteiger partial charge in [-0.2, -0.15) is 0 Å². The Morgan fingerprint density at radius 3 is 2.53 bits per heavy atom. The van der Waals surface area contributed by atoms with Crippen LogP contribution in [-0.2, 0) is 0 Å². The maximum atomic E-state index is 9.86. The van der Waals surface area contributed by atoms with Crippen molar-refractivity contribution in [2.24, 2.45) is 0 Å². The highest BCUT2D eigenvalue weighted by Gasteiger charge is 2.40. The molecule has 3 heterocycles. The van der Waals surface area contributed by atoms with Gasteiger partial charge in [-0.1, -0.05) is 13.8 Å². The van der Waals surface area contributed by atoms with Crippen molar-refractivity contribution in [1.29, 1.82) is 0 Å². The van der Waals surface area contributed by atoms with Crippen LogP contribution < -0.4 is 4.90 Å². The predicted octanol–water partition coefficient (Wildman–Crippen LogP) is 3.09. The van der Waals surface area contributed by atoms with Gasteiger partial charge >= 0.3 is 0 Å². The van der Waals surface area contributed by atoms with Gasteiger partial charge in [0, 0.05) is 17.8 Å². The number of hydrogen-bond acceptors (Lipinski definition) is 3. The molecule has 0 spiro atoms. The highest BCUT2D eigenvalue weighted by Crippen LogP contribution is 2.39. The molecule has 0 radical (unpaired) electrons. The third-order valence-electron chi connectivity index (χ3n) is 4.89. The summed E-state index contributed by atoms with van der Waals surface area (Å²) in [6.07, 6.45) is 7.34. The lowest BCUT2D eigenvalue weighted by Crippen LogP contribution is -2.44. The number of aliphatic hydroxyl groups excluding tert-OH is 1. The highest BCUT2D eigenvalue weighted by molar-refractivity contribution is 5.49. The van der Waals surface area contributed by atoms with Gasteiger partial charge in [-0.3, -0.25) is 4.98 Å². The number of aromatic nitrogens is 1. The Balaban J connectivity index is 1.80. The van der Waals surface area contributed by atoms with Crippen LogP contribution in [0.25, 0.3) is 0 Å². The Morgan fingerprint density at radius 2 is 2.00 bits per heavy atom. The summed E-state index contributed by atoms with van der Waals surface area (Å²) < 4.78 is 0. The zero-order valence-electron chi connectivity index (χ0n) is 11.9. The molecule has 0 aliphatic carbocycles. The van der Waals surface area contributed by atoms with Gasteiger partial charge < -0.3 is 10.0 Å². The van der Waals surface area contributed by atoms with Crippen molar-refractivity contribution < 1.29 is 5.11 Å². The fourth-order valence-corrected chi connectivity index (χ4v) is 3.62. The van der Waals surface area contributed by atoms with E-state index in [0.29, 0.717) is 18.0 Å². The first-order valence-electron chi connectivity index (χ1n) is 7.61. The van der Waals surface area contributed by atoms with Gasteiger partial charge in [0.05, 0.1) is 18.0 Å². The molecule has 1 aromatic heterocycles. The van der Waals surface area contributed by atoms with E-state index in [4.69, 9.17) is 0 Å². The Labute approximate surface area is 115 Å². The number of hydrogen-bond donors (Lipinski definition) is 1. The maximum absolute atomic E-state index is 9.86. The molecule has 3 heteroatoms. The lowest BCUT2D eigenvalue weighted by molar-refractivity contribution is 0.126. The molecule has 3 nitrogen and oxygen atoms in total. The molecular formula is C16H24N2O. The van der Waals surface area contributed by atoms with Crippen LogP contribution in [0, 0.1) is 0 Å². The van der Waals surface area contributed by atoms with E-state index in [1.807, 2.05) is 6.20 Å². The third-order valence-corrected chi connectivity index (χ3v) is 4.89. The first-order valence-corrected chi connectivity index (χ1v) is 7.61. The summed E-state index contributed by atoms with van der Waals surface area (Å²) >= 11 is 0. The monoisotopic (exact) mass is 260 g/mol. The van der Waals surface area contributed by atoms with Crippen LogP contribution in [-0.4, -0.2) is 28.3 Å². The van der Waals surface area contributed by atoms with Crippen LogP contribution in [0.5, 0.6) is 0 Å². The minimum absolute atomic E-state index is 0.0962. The van der Waals surface area contributed by atoms with E-state index in [1.165, 1.54) is 24.2 Å². The molecule has 2 aliphatic heterocycles. The van der Waals surface area contributed by atoms with Crippen molar-refractivity contribution in [3.63, 3.8) is 0 Å². The maximum Gasteiger partial charge on any atom is 0.0579 e. The SMILES string of the molecule is CCC(C)c1ccc(N2[C@@H]3CC[C@H]2CC(O)C3)cn1. The van der Waals surface area contributed by atoms with Crippen LogP contribution >= 0.6 is 0 Å². The quantitative estimate of drug-likeness (QED) is 0.907. The van der Waals surface area contributed by atoms with E-state index in [2.05, 4.69) is 35.9 Å². The fourth-order valence-electron chi connectivity index (χ4n) is 3.62. The number of nitrogens with zero attached hydrogens (tertiary/aromatic N) is 2. The van der Waals surface area contributed by atoms with Crippen molar-refractivity contribution in [1.82, 2.24) is 4.98 Å². The molecule has 2 unspecified atom stereocenters. The van der Waals surface area contributed by atoms with Crippen LogP contribution in [0.1, 0.15) is 57.6 Å². The van der Waals surface area contributed by atoms with Crippen LogP contribution in [0.15, 0.2) is 18.3 Å². The van der Waals surface area contributed by atoms with Gasteiger partial charge in [0.15, 0.2) is 0 Å². The van der Waals surface area contributed by atoms with Gasteiger partial charge in [-0.15, -0.1) is 0 Å². The summed E-state index contributed by atoms with van der Waals surface area (Å²) in [5, 5.41) is 9.86. The van der Waals surface area contributed by atoms with E-state index in [1.54, 1.807) is 0 Å². The topological polar surface area (TPSA) is 36.4 Å². The average Bonchev–Trinajstić information content (AvgIpc) is 2.70. The molecule has 2 saturated heterocycles. The highest BCUT2D eigenvalue weighted by atomic mass is 16.3. The van der Waals surface area contributed by atoms with E-state index in [9.17, 15) is 5.11 Å². The Morgan fingerprint density at radius 1 is 1.32 bits per heavy atom. The minimum Gasteiger partial charge on any atom is -0.393 e. The van der Waals surface area contributed by atoms with Crippen molar-refractivity contribution >= 4 is 5.69 Å². The third kappa shape index (κ3) is 2.36. The standard InChI is InChI=1S/C16H24N2O/c1-3-11(2)16-7-6-14(10-17-16)18-12-4-5-13(18)9-15(19)8-12/h6-7,10-13,15,19H,3-5,8-9H2,1-2H3/t11?,12-,13+,15?. The first-order chi connectivity index (χ1) is 9.19. The predicted molar refractivity (Wildman–Crippen MR) is 77.5 cm³/mol. The molecule has 1 N–H and O–H groups in total. The molecule has 3 rings (SSSR count). The zero-order chi connectivity index (χ0) is 13.4. The van der Waals surface area contributed by atoms with Crippen molar-refractivity contribution in [3.05, 3.63) is 24.0 Å². The number of rotatable bonds is 3. The minimum atomic E-state index is -0.0962. The first kappa shape index (κ1) is 12.9. The second-order valence-corrected chi connectivity index (χ2v) is 6.17. The molecule has 0 amide bonds. The van der Waals surface area contributed by atoms with Gasteiger partial charge in [-0.05, 0) is 50.2 Å². The largest absolute Gasteiger partial charge is 0.393 e. The summed E-state index contributed by atoms with van der Waals surface area (Å²) in [7, 11) is 0. The van der Waals surface area contributed by atoms with Crippen molar-refractivity contribution in [2.45, 2.75) is 70.1 Å². The van der Waals surface area contributed by atoms with Gasteiger partial charge in [0.25, 0.3) is 0 Å². The van der Waals surface area contributed by atoms with E-state index >= 15 is 0 Å². The molecule has 0 aromatic carbocycles. The smallest absolute Gasteiger partial charge is 0.0579 e. The number of piperidine rings is 1. The molecule has 0 saturated carbocycles. The Bertz CT molecular complexity index is 417. The fraction of sp³-hybridized carbons (Fsp3) is 0.688. The average molecular weight is 260 g/mol. The summed E-state index contributed by atoms with van der Waals surface area (Å²) in [4.78, 5) is 7.14. The van der Waals surface area contributed by atoms with E-state index < -0.39 is 0 Å². The molecule has 19 heavy (non-hydrogen) atoms. The molecule has 4 atom stereocenters. The second-order valence-electron chi connectivity index (χ2n) is 6.17. The summed E-state index contributed by atoms with van der Waals surface area (Å²) in [5.41, 5.74) is 2.43.